The van der Waals surface area contributed by atoms with Gasteiger partial charge in [0.2, 0.25) is 21.8 Å². The van der Waals surface area contributed by atoms with E-state index in [0.29, 0.717) is 36.9 Å². The van der Waals surface area contributed by atoms with E-state index in [0.717, 1.165) is 18.9 Å². The number of amides is 5. The zero-order chi connectivity index (χ0) is 40.9. The number of carbonyl (C=O) groups is 5. The fourth-order valence-electron chi connectivity index (χ4n) is 8.23. The molecular weight excluding hydrogens is 760 g/mol. The fraction of sp³-hybridized carbons (Fsp3) is 0.550. The first-order valence-corrected chi connectivity index (χ1v) is 21.1. The number of alkyl carbamates (subject to hydrolysis) is 1. The van der Waals surface area contributed by atoms with Crippen molar-refractivity contribution < 1.29 is 46.6 Å². The molecule has 2 saturated heterocycles. The van der Waals surface area contributed by atoms with Crippen molar-refractivity contribution in [2.24, 2.45) is 17.8 Å². The Kier molecular flexibility index (Phi) is 10.8. The van der Waals surface area contributed by atoms with Crippen LogP contribution < -0.4 is 15.4 Å². The number of fused-ring (bicyclic) bond motifs is 4. The van der Waals surface area contributed by atoms with E-state index in [1.807, 2.05) is 12.2 Å². The van der Waals surface area contributed by atoms with Crippen LogP contribution in [0.5, 0.6) is 5.75 Å². The SMILES string of the molecule is CC(C)(C)OC(=O)N[C@H]1CCCCC/C=C\[C@@H]2C[C@]2(C(=O)NS(=O)(=O)C2CC2)NC(=O)[C@@H]2[C@H]3CN(C(=O)c4cccc(-c5ccc(O)c(F)c5)n4)C[C@H]3CN2C1=O. The number of hydrogen-bond acceptors (Lipinski definition) is 10. The normalized spacial score (nSPS) is 28.5. The van der Waals surface area contributed by atoms with Gasteiger partial charge in [-0.05, 0) is 89.6 Å². The minimum absolute atomic E-state index is 0.0495. The Labute approximate surface area is 330 Å². The Morgan fingerprint density at radius 2 is 1.81 bits per heavy atom. The number of phenols is 1. The molecule has 2 aromatic rings. The molecule has 2 aliphatic carbocycles. The average molecular weight is 809 g/mol. The summed E-state index contributed by atoms with van der Waals surface area (Å²) in [6, 6.07) is 6.32. The molecule has 0 radical (unpaired) electrons. The molecule has 306 valence electrons. The highest BCUT2D eigenvalue weighted by Gasteiger charge is 2.63. The van der Waals surface area contributed by atoms with Crippen LogP contribution in [-0.4, -0.2) is 106 Å². The van der Waals surface area contributed by atoms with E-state index in [1.165, 1.54) is 23.1 Å². The van der Waals surface area contributed by atoms with Crippen molar-refractivity contribution in [2.75, 3.05) is 19.6 Å². The fourth-order valence-corrected chi connectivity index (χ4v) is 9.59. The molecule has 0 unspecified atom stereocenters. The number of pyridine rings is 1. The van der Waals surface area contributed by atoms with E-state index >= 15 is 0 Å². The first-order valence-electron chi connectivity index (χ1n) is 19.6. The van der Waals surface area contributed by atoms with Gasteiger partial charge in [0, 0.05) is 43.0 Å². The number of halogens is 1. The Hall–Kier alpha value is -5.06. The Bertz CT molecular complexity index is 2100. The summed E-state index contributed by atoms with van der Waals surface area (Å²) in [4.78, 5) is 77.4. The molecular formula is C40H49FN6O9S. The van der Waals surface area contributed by atoms with Crippen molar-refractivity contribution >= 4 is 39.7 Å². The lowest BCUT2D eigenvalue weighted by Crippen LogP contribution is -2.60. The third kappa shape index (κ3) is 8.62. The number of rotatable bonds is 6. The molecule has 6 atom stereocenters. The number of hydrogen-bond donors (Lipinski definition) is 4. The number of sulfonamides is 1. The van der Waals surface area contributed by atoms with Gasteiger partial charge < -0.3 is 30.3 Å². The van der Waals surface area contributed by atoms with Crippen LogP contribution in [0.3, 0.4) is 0 Å². The monoisotopic (exact) mass is 808 g/mol. The highest BCUT2D eigenvalue weighted by atomic mass is 32.2. The van der Waals surface area contributed by atoms with Crippen molar-refractivity contribution in [3.63, 3.8) is 0 Å². The number of allylic oxidation sites excluding steroid dienone is 1. The summed E-state index contributed by atoms with van der Waals surface area (Å²) in [5.41, 5.74) is -1.67. The lowest BCUT2D eigenvalue weighted by atomic mass is 9.93. The summed E-state index contributed by atoms with van der Waals surface area (Å²) in [6.45, 7) is 5.40. The van der Waals surface area contributed by atoms with Gasteiger partial charge in [0.15, 0.2) is 11.6 Å². The van der Waals surface area contributed by atoms with E-state index in [1.54, 1.807) is 37.8 Å². The number of carbonyl (C=O) groups excluding carboxylic acids is 5. The topological polar surface area (TPSA) is 204 Å². The number of phenolic OH excluding ortho intramolecular Hbond substituents is 1. The van der Waals surface area contributed by atoms with E-state index in [2.05, 4.69) is 20.3 Å². The minimum atomic E-state index is -3.94. The van der Waals surface area contributed by atoms with Gasteiger partial charge in [0.25, 0.3) is 11.8 Å². The predicted molar refractivity (Wildman–Crippen MR) is 204 cm³/mol. The highest BCUT2D eigenvalue weighted by Crippen LogP contribution is 2.47. The maximum Gasteiger partial charge on any atom is 0.408 e. The zero-order valence-corrected chi connectivity index (χ0v) is 33.0. The van der Waals surface area contributed by atoms with Crippen LogP contribution in [0.15, 0.2) is 48.6 Å². The molecule has 0 spiro atoms. The molecule has 4 heterocycles. The number of ether oxygens (including phenoxy) is 1. The second-order valence-electron chi connectivity index (χ2n) is 16.9. The van der Waals surface area contributed by atoms with Crippen LogP contribution in [0.4, 0.5) is 9.18 Å². The van der Waals surface area contributed by atoms with Gasteiger partial charge in [-0.3, -0.25) is 23.9 Å². The minimum Gasteiger partial charge on any atom is -0.505 e. The third-order valence-corrected chi connectivity index (χ3v) is 13.2. The number of likely N-dealkylation sites (tertiary alicyclic amines) is 1. The molecule has 1 aromatic carbocycles. The Morgan fingerprint density at radius 1 is 1.04 bits per heavy atom. The lowest BCUT2D eigenvalue weighted by molar-refractivity contribution is -0.142. The summed E-state index contributed by atoms with van der Waals surface area (Å²) < 4.78 is 47.6. The van der Waals surface area contributed by atoms with Gasteiger partial charge in [0.05, 0.1) is 10.9 Å². The van der Waals surface area contributed by atoms with Crippen molar-refractivity contribution in [1.29, 1.82) is 0 Å². The van der Waals surface area contributed by atoms with Crippen LogP contribution in [-0.2, 0) is 29.1 Å². The molecule has 7 rings (SSSR count). The molecule has 5 aliphatic rings. The number of benzene rings is 1. The van der Waals surface area contributed by atoms with E-state index in [4.69, 9.17) is 4.74 Å². The van der Waals surface area contributed by atoms with Gasteiger partial charge in [-0.2, -0.15) is 0 Å². The largest absolute Gasteiger partial charge is 0.505 e. The van der Waals surface area contributed by atoms with Crippen molar-refractivity contribution in [2.45, 2.75) is 101 Å². The molecule has 0 bridgehead atoms. The first kappa shape index (κ1) is 40.1. The second kappa shape index (κ2) is 15.4. The molecule has 4 N–H and O–H groups in total. The summed E-state index contributed by atoms with van der Waals surface area (Å²) in [7, 11) is -3.94. The first-order chi connectivity index (χ1) is 27.0. The van der Waals surface area contributed by atoms with Crippen molar-refractivity contribution in [3.05, 3.63) is 60.1 Å². The molecule has 15 nitrogen and oxygen atoms in total. The number of nitrogens with one attached hydrogen (secondary N) is 3. The summed E-state index contributed by atoms with van der Waals surface area (Å²) in [5, 5.41) is 14.6. The smallest absolute Gasteiger partial charge is 0.408 e. The van der Waals surface area contributed by atoms with Crippen LogP contribution in [0, 0.1) is 23.6 Å². The Balaban J connectivity index is 1.18. The summed E-state index contributed by atoms with van der Waals surface area (Å²) >= 11 is 0. The lowest BCUT2D eigenvalue weighted by Gasteiger charge is -2.33. The van der Waals surface area contributed by atoms with E-state index in [-0.39, 0.29) is 44.1 Å². The maximum atomic E-state index is 14.7. The molecule has 17 heteroatoms. The second-order valence-corrected chi connectivity index (χ2v) is 18.8. The van der Waals surface area contributed by atoms with Gasteiger partial charge in [-0.15, -0.1) is 0 Å². The van der Waals surface area contributed by atoms with Crippen LogP contribution in [0.25, 0.3) is 11.3 Å². The predicted octanol–water partition coefficient (Wildman–Crippen LogP) is 3.39. The molecule has 3 aliphatic heterocycles. The molecule has 2 saturated carbocycles. The molecule has 5 amide bonds. The Morgan fingerprint density at radius 3 is 2.53 bits per heavy atom. The maximum absolute atomic E-state index is 14.7. The van der Waals surface area contributed by atoms with Crippen LogP contribution in [0.1, 0.15) is 82.6 Å². The van der Waals surface area contributed by atoms with Gasteiger partial charge in [0.1, 0.15) is 28.9 Å². The zero-order valence-electron chi connectivity index (χ0n) is 32.2. The summed E-state index contributed by atoms with van der Waals surface area (Å²) in [5.74, 6) is -5.25. The summed E-state index contributed by atoms with van der Waals surface area (Å²) in [6.07, 6.45) is 7.06. The van der Waals surface area contributed by atoms with Crippen LogP contribution in [0.2, 0.25) is 0 Å². The standard InChI is InChI=1S/C40H49FN6O9S/c1-39(2,3)56-38(53)43-31-11-8-6-4-5-7-10-25-19-40(25,37(52)45-57(54,55)26-15-16-26)44-34(49)33-27-22-46(20-24(27)21-47(33)36(31)51)35(50)30-13-9-12-29(42-30)23-14-17-32(48)28(41)18-23/h7,9-10,12-14,17-18,24-27,31,33,48H,4-6,8,11,15-16,19-22H2,1-3H3,(H,43,53)(H,44,49)(H,45,52)/b10-7-/t24-,25+,27-,31-,33-,40-/m0/s1. The number of aromatic nitrogens is 1. The molecule has 57 heavy (non-hydrogen) atoms. The number of aromatic hydroxyl groups is 1. The number of nitrogens with zero attached hydrogens (tertiary/aromatic N) is 3. The van der Waals surface area contributed by atoms with Crippen LogP contribution >= 0.6 is 0 Å². The molecule has 4 fully saturated rings. The van der Waals surface area contributed by atoms with E-state index < -0.39 is 91.6 Å². The van der Waals surface area contributed by atoms with Gasteiger partial charge in [-0.25, -0.2) is 22.6 Å². The van der Waals surface area contributed by atoms with E-state index in [9.17, 15) is 41.9 Å². The highest BCUT2D eigenvalue weighted by molar-refractivity contribution is 7.91. The third-order valence-electron chi connectivity index (χ3n) is 11.4. The van der Waals surface area contributed by atoms with Crippen molar-refractivity contribution in [3.8, 4) is 17.0 Å². The average Bonchev–Trinajstić information content (AvgIpc) is 4.04. The quantitative estimate of drug-likeness (QED) is 0.313. The van der Waals surface area contributed by atoms with Crippen molar-refractivity contribution in [1.82, 2.24) is 30.1 Å². The molecule has 1 aromatic heterocycles. The van der Waals surface area contributed by atoms with Gasteiger partial charge >= 0.3 is 6.09 Å². The van der Waals surface area contributed by atoms with Gasteiger partial charge in [-0.1, -0.05) is 31.1 Å².